The van der Waals surface area contributed by atoms with Crippen LogP contribution in [0.3, 0.4) is 0 Å². The molecule has 1 heterocycles. The smallest absolute Gasteiger partial charge is 0.302 e. The van der Waals surface area contributed by atoms with Gasteiger partial charge in [-0.15, -0.1) is 0 Å². The summed E-state index contributed by atoms with van der Waals surface area (Å²) in [4.78, 5) is 44.5. The fourth-order valence-electron chi connectivity index (χ4n) is 13.6. The van der Waals surface area contributed by atoms with E-state index in [4.69, 9.17) is 9.47 Å². The molecule has 1 aromatic carbocycles. The summed E-state index contributed by atoms with van der Waals surface area (Å²) in [6.45, 7) is 22.2. The number of allylic oxidation sites excluding steroid dienone is 2. The molecule has 0 radical (unpaired) electrons. The molecule has 8 atom stereocenters. The minimum Gasteiger partial charge on any atom is -0.497 e. The van der Waals surface area contributed by atoms with E-state index in [1.165, 1.54) is 12.8 Å². The number of hydrogen-bond donors (Lipinski definition) is 0. The monoisotopic (exact) mass is 741 g/mol. The zero-order valence-corrected chi connectivity index (χ0v) is 34.9. The highest BCUT2D eigenvalue weighted by atomic mass is 16.5. The number of carbonyl (C=O) groups is 3. The molecule has 0 bridgehead atoms. The Bertz CT molecular complexity index is 1690. The molecule has 7 nitrogen and oxygen atoms in total. The van der Waals surface area contributed by atoms with Crippen molar-refractivity contribution in [1.29, 1.82) is 0 Å². The Balaban J connectivity index is 1.08. The lowest BCUT2D eigenvalue weighted by Gasteiger charge is -2.71. The van der Waals surface area contributed by atoms with Crippen molar-refractivity contribution >= 4 is 23.7 Å². The Hall–Kier alpha value is -2.93. The van der Waals surface area contributed by atoms with Crippen LogP contribution >= 0.6 is 0 Å². The predicted octanol–water partition coefficient (Wildman–Crippen LogP) is 9.16. The first-order valence-electron chi connectivity index (χ1n) is 21.1. The molecule has 54 heavy (non-hydrogen) atoms. The Kier molecular flexibility index (Phi) is 10.1. The van der Waals surface area contributed by atoms with Gasteiger partial charge in [0, 0.05) is 38.5 Å². The third kappa shape index (κ3) is 6.40. The number of hydrogen-bond acceptors (Lipinski definition) is 6. The molecule has 4 saturated carbocycles. The van der Waals surface area contributed by atoms with Crippen molar-refractivity contribution in [1.82, 2.24) is 9.80 Å². The maximum Gasteiger partial charge on any atom is 0.302 e. The summed E-state index contributed by atoms with van der Waals surface area (Å²) >= 11 is 0. The Labute approximate surface area is 325 Å². The van der Waals surface area contributed by atoms with Crippen molar-refractivity contribution in [2.45, 2.75) is 126 Å². The highest BCUT2D eigenvalue weighted by Gasteiger charge is 2.69. The highest BCUT2D eigenvalue weighted by molar-refractivity contribution is 5.95. The minimum atomic E-state index is -0.339. The van der Waals surface area contributed by atoms with Gasteiger partial charge in [-0.05, 0) is 127 Å². The molecular formula is C47H68N2O5. The van der Waals surface area contributed by atoms with E-state index in [2.05, 4.69) is 64.3 Å². The number of piperazine rings is 1. The molecule has 0 aromatic heterocycles. The molecule has 7 heteroatoms. The van der Waals surface area contributed by atoms with Gasteiger partial charge in [-0.25, -0.2) is 0 Å². The summed E-state index contributed by atoms with van der Waals surface area (Å²) in [7, 11) is 1.65. The van der Waals surface area contributed by atoms with Crippen LogP contribution in [0.5, 0.6) is 5.75 Å². The second-order valence-corrected chi connectivity index (χ2v) is 20.5. The van der Waals surface area contributed by atoms with Gasteiger partial charge < -0.3 is 14.4 Å². The van der Waals surface area contributed by atoms with Crippen molar-refractivity contribution in [3.63, 3.8) is 0 Å². The van der Waals surface area contributed by atoms with Crippen LogP contribution in [0.1, 0.15) is 125 Å². The second-order valence-electron chi connectivity index (χ2n) is 20.5. The molecule has 296 valence electrons. The summed E-state index contributed by atoms with van der Waals surface area (Å²) in [6, 6.07) is 7.71. The van der Waals surface area contributed by atoms with Gasteiger partial charge in [0.1, 0.15) is 11.9 Å². The first-order chi connectivity index (χ1) is 25.4. The van der Waals surface area contributed by atoms with E-state index in [0.29, 0.717) is 37.4 Å². The first-order valence-corrected chi connectivity index (χ1v) is 21.1. The van der Waals surface area contributed by atoms with E-state index in [9.17, 15) is 9.59 Å². The number of rotatable bonds is 7. The van der Waals surface area contributed by atoms with E-state index >= 15 is 4.79 Å². The van der Waals surface area contributed by atoms with Crippen LogP contribution in [0, 0.1) is 50.2 Å². The van der Waals surface area contributed by atoms with Gasteiger partial charge in [0.15, 0.2) is 5.78 Å². The number of carbonyl (C=O) groups excluding carboxylic acids is 3. The van der Waals surface area contributed by atoms with Crippen molar-refractivity contribution in [3.05, 3.63) is 47.6 Å². The van der Waals surface area contributed by atoms with Gasteiger partial charge in [-0.3, -0.25) is 19.3 Å². The maximum absolute atomic E-state index is 15.1. The Morgan fingerprint density at radius 2 is 1.52 bits per heavy atom. The van der Waals surface area contributed by atoms with Crippen LogP contribution in [0.25, 0.3) is 6.08 Å². The van der Waals surface area contributed by atoms with Crippen LogP contribution in [0.15, 0.2) is 42.0 Å². The van der Waals surface area contributed by atoms with Gasteiger partial charge in [-0.2, -0.15) is 0 Å². The topological polar surface area (TPSA) is 76.2 Å². The summed E-state index contributed by atoms with van der Waals surface area (Å²) in [5.74, 6) is 2.46. The third-order valence-electron chi connectivity index (χ3n) is 16.9. The number of benzene rings is 1. The van der Waals surface area contributed by atoms with Crippen LogP contribution < -0.4 is 4.74 Å². The number of esters is 1. The number of ether oxygens (including phenoxy) is 2. The van der Waals surface area contributed by atoms with Gasteiger partial charge in [0.2, 0.25) is 5.91 Å². The number of ketones is 1. The van der Waals surface area contributed by atoms with Gasteiger partial charge in [-0.1, -0.05) is 78.3 Å². The highest BCUT2D eigenvalue weighted by Crippen LogP contribution is 2.76. The molecule has 7 rings (SSSR count). The van der Waals surface area contributed by atoms with Crippen LogP contribution in [-0.2, 0) is 19.1 Å². The number of amides is 1. The summed E-state index contributed by atoms with van der Waals surface area (Å²) in [5, 5.41) is 0. The van der Waals surface area contributed by atoms with Crippen molar-refractivity contribution < 1.29 is 23.9 Å². The lowest BCUT2D eigenvalue weighted by atomic mass is 9.33. The molecule has 5 fully saturated rings. The molecule has 1 saturated heterocycles. The third-order valence-corrected chi connectivity index (χ3v) is 16.9. The standard InChI is InChI=1S/C47H68N2O5/c1-32(50)54-40-19-20-44(6)38(43(40,4)5)18-21-46(8)39(44)17-16-36-37-30-42(2,3)22-24-47(37,25-23-45(36,46)7)41(52)49-28-26-48(27-29-49)31-34(51)13-10-33-11-14-35(53-9)15-12-33/h10-16,37-40H,17-31H2,1-9H3/b13-10+/t37-,38-,39+,40-,44-,45+,46+,47-/m0/s1. The molecular weight excluding hydrogens is 673 g/mol. The lowest BCUT2D eigenvalue weighted by molar-refractivity contribution is -0.212. The summed E-state index contributed by atoms with van der Waals surface area (Å²) < 4.78 is 11.2. The van der Waals surface area contributed by atoms with E-state index in [1.54, 1.807) is 25.7 Å². The van der Waals surface area contributed by atoms with E-state index < -0.39 is 0 Å². The SMILES string of the molecule is COc1ccc(/C=C/C(=O)CN2CCN(C(=O)[C@]34CCC(C)(C)C[C@H]3C3=CC[C@@H]5[C@@]6(C)CC[C@H](OC(C)=O)C(C)(C)[C@@H]6CC[C@@]5(C)[C@]3(C)CC4)CC2)cc1. The predicted molar refractivity (Wildman–Crippen MR) is 215 cm³/mol. The molecule has 6 aliphatic rings. The molecule has 0 N–H and O–H groups in total. The molecule has 1 amide bonds. The number of nitrogens with zero attached hydrogens (tertiary/aromatic N) is 2. The van der Waals surface area contributed by atoms with E-state index in [-0.39, 0.29) is 56.3 Å². The van der Waals surface area contributed by atoms with Gasteiger partial charge in [0.05, 0.1) is 19.1 Å². The van der Waals surface area contributed by atoms with Crippen molar-refractivity contribution in [3.8, 4) is 5.75 Å². The van der Waals surface area contributed by atoms with Crippen molar-refractivity contribution in [2.75, 3.05) is 39.8 Å². The summed E-state index contributed by atoms with van der Waals surface area (Å²) in [5.41, 5.74) is 2.78. The fraction of sp³-hybridized carbons (Fsp3) is 0.723. The largest absolute Gasteiger partial charge is 0.497 e. The van der Waals surface area contributed by atoms with Crippen LogP contribution in [0.2, 0.25) is 0 Å². The van der Waals surface area contributed by atoms with E-state index in [1.807, 2.05) is 30.3 Å². The molecule has 1 aromatic rings. The molecule has 0 unspecified atom stereocenters. The number of fused-ring (bicyclic) bond motifs is 7. The molecule has 5 aliphatic carbocycles. The normalized spacial score (nSPS) is 38.6. The minimum absolute atomic E-state index is 0.0159. The fourth-order valence-corrected chi connectivity index (χ4v) is 13.6. The van der Waals surface area contributed by atoms with Crippen LogP contribution in [0.4, 0.5) is 0 Å². The molecule has 0 spiro atoms. The number of methoxy groups -OCH3 is 1. The Morgan fingerprint density at radius 1 is 0.833 bits per heavy atom. The summed E-state index contributed by atoms with van der Waals surface area (Å²) in [6.07, 6.45) is 16.9. The van der Waals surface area contributed by atoms with Crippen molar-refractivity contribution in [2.24, 2.45) is 50.2 Å². The average Bonchev–Trinajstić information content (AvgIpc) is 3.12. The first kappa shape index (κ1) is 39.3. The van der Waals surface area contributed by atoms with Gasteiger partial charge >= 0.3 is 5.97 Å². The second kappa shape index (κ2) is 13.9. The zero-order chi connectivity index (χ0) is 38.9. The van der Waals surface area contributed by atoms with E-state index in [0.717, 1.165) is 75.8 Å². The zero-order valence-electron chi connectivity index (χ0n) is 34.9. The quantitative estimate of drug-likeness (QED) is 0.158. The Morgan fingerprint density at radius 3 is 2.19 bits per heavy atom. The lowest BCUT2D eigenvalue weighted by Crippen LogP contribution is -2.66. The van der Waals surface area contributed by atoms with Crippen LogP contribution in [-0.4, -0.2) is 73.4 Å². The average molecular weight is 741 g/mol. The molecule has 1 aliphatic heterocycles. The van der Waals surface area contributed by atoms with Gasteiger partial charge in [0.25, 0.3) is 0 Å². The maximum atomic E-state index is 15.1.